The number of nitrogens with one attached hydrogen (secondary N) is 1. The average molecular weight is 378 g/mol. The Hall–Kier alpha value is -3.61. The summed E-state index contributed by atoms with van der Waals surface area (Å²) < 4.78 is 15.7. The van der Waals surface area contributed by atoms with E-state index in [1.165, 1.54) is 7.11 Å². The van der Waals surface area contributed by atoms with Crippen molar-refractivity contribution in [3.05, 3.63) is 65.4 Å². The summed E-state index contributed by atoms with van der Waals surface area (Å²) in [6, 6.07) is 13.8. The fourth-order valence-corrected chi connectivity index (χ4v) is 3.10. The molecule has 1 unspecified atom stereocenters. The van der Waals surface area contributed by atoms with Crippen LogP contribution in [0.4, 0.5) is 5.69 Å². The summed E-state index contributed by atoms with van der Waals surface area (Å²) in [5.74, 6) is 0.546. The standard InChI is InChI=1S/C21H18N2O5/c1-12-9-15-10-14(5-8-18(15)27-12)19-11-17(23-28-19)20(24)22-16-6-3-13(4-7-16)21(25)26-2/h3-8,10-12H,9H2,1-2H3,(H,22,24). The van der Waals surface area contributed by atoms with Gasteiger partial charge in [0.05, 0.1) is 12.7 Å². The van der Waals surface area contributed by atoms with E-state index < -0.39 is 11.9 Å². The minimum atomic E-state index is -0.437. The number of amides is 1. The molecule has 0 aliphatic carbocycles. The van der Waals surface area contributed by atoms with Crippen molar-refractivity contribution < 1.29 is 23.6 Å². The SMILES string of the molecule is COC(=O)c1ccc(NC(=O)c2cc(-c3ccc4c(c3)CC(C)O4)on2)cc1. The number of rotatable bonds is 4. The third-order valence-electron chi connectivity index (χ3n) is 4.49. The molecule has 2 aromatic carbocycles. The monoisotopic (exact) mass is 378 g/mol. The van der Waals surface area contributed by atoms with Gasteiger partial charge in [0.25, 0.3) is 5.91 Å². The number of fused-ring (bicyclic) bond motifs is 1. The molecular formula is C21H18N2O5. The highest BCUT2D eigenvalue weighted by Gasteiger charge is 2.21. The lowest BCUT2D eigenvalue weighted by molar-refractivity contribution is 0.0600. The maximum Gasteiger partial charge on any atom is 0.337 e. The van der Waals surface area contributed by atoms with Crippen LogP contribution in [-0.2, 0) is 11.2 Å². The van der Waals surface area contributed by atoms with Crippen LogP contribution < -0.4 is 10.1 Å². The number of ether oxygens (including phenoxy) is 2. The molecule has 3 aromatic rings. The molecule has 7 nitrogen and oxygen atoms in total. The van der Waals surface area contributed by atoms with Gasteiger partial charge in [-0.1, -0.05) is 5.16 Å². The molecule has 1 aliphatic heterocycles. The number of carbonyl (C=O) groups is 2. The summed E-state index contributed by atoms with van der Waals surface area (Å²) in [6.07, 6.45) is 0.999. The highest BCUT2D eigenvalue weighted by molar-refractivity contribution is 6.03. The number of carbonyl (C=O) groups excluding carboxylic acids is 2. The van der Waals surface area contributed by atoms with E-state index in [4.69, 9.17) is 9.26 Å². The Labute approximate surface area is 161 Å². The lowest BCUT2D eigenvalue weighted by Gasteiger charge is -2.04. The number of hydrogen-bond acceptors (Lipinski definition) is 6. The number of aromatic nitrogens is 1. The van der Waals surface area contributed by atoms with Gasteiger partial charge in [0, 0.05) is 23.7 Å². The van der Waals surface area contributed by atoms with Gasteiger partial charge in [0.1, 0.15) is 11.9 Å². The zero-order chi connectivity index (χ0) is 19.7. The topological polar surface area (TPSA) is 90.7 Å². The van der Waals surface area contributed by atoms with Crippen molar-refractivity contribution in [1.82, 2.24) is 5.16 Å². The first-order valence-corrected chi connectivity index (χ1v) is 8.80. The summed E-state index contributed by atoms with van der Waals surface area (Å²) in [4.78, 5) is 23.9. The van der Waals surface area contributed by atoms with Gasteiger partial charge in [-0.25, -0.2) is 4.79 Å². The first kappa shape index (κ1) is 17.8. The van der Waals surface area contributed by atoms with E-state index in [1.54, 1.807) is 30.3 Å². The van der Waals surface area contributed by atoms with Gasteiger partial charge in [-0.05, 0) is 55.0 Å². The van der Waals surface area contributed by atoms with Crippen molar-refractivity contribution in [2.75, 3.05) is 12.4 Å². The Bertz CT molecular complexity index is 1040. The Morgan fingerprint density at radius 1 is 1.14 bits per heavy atom. The fourth-order valence-electron chi connectivity index (χ4n) is 3.10. The van der Waals surface area contributed by atoms with E-state index in [2.05, 4.69) is 15.2 Å². The molecule has 0 spiro atoms. The van der Waals surface area contributed by atoms with Gasteiger partial charge < -0.3 is 19.3 Å². The third-order valence-corrected chi connectivity index (χ3v) is 4.49. The number of esters is 1. The molecule has 142 valence electrons. The lowest BCUT2D eigenvalue weighted by atomic mass is 10.1. The van der Waals surface area contributed by atoms with Crippen LogP contribution in [0.5, 0.6) is 5.75 Å². The number of anilines is 1. The van der Waals surface area contributed by atoms with Crippen LogP contribution >= 0.6 is 0 Å². The Morgan fingerprint density at radius 3 is 2.68 bits per heavy atom. The second-order valence-electron chi connectivity index (χ2n) is 6.55. The van der Waals surface area contributed by atoms with E-state index in [1.807, 2.05) is 25.1 Å². The maximum absolute atomic E-state index is 12.4. The molecular weight excluding hydrogens is 360 g/mol. The lowest BCUT2D eigenvalue weighted by Crippen LogP contribution is -2.12. The van der Waals surface area contributed by atoms with Crippen molar-refractivity contribution in [2.45, 2.75) is 19.4 Å². The fraction of sp³-hybridized carbons (Fsp3) is 0.190. The second kappa shape index (κ2) is 7.19. The predicted molar refractivity (Wildman–Crippen MR) is 101 cm³/mol. The van der Waals surface area contributed by atoms with Crippen molar-refractivity contribution >= 4 is 17.6 Å². The highest BCUT2D eigenvalue weighted by Crippen LogP contribution is 2.33. The van der Waals surface area contributed by atoms with E-state index in [-0.39, 0.29) is 11.8 Å². The molecule has 0 radical (unpaired) electrons. The predicted octanol–water partition coefficient (Wildman–Crippen LogP) is 3.70. The molecule has 1 atom stereocenters. The molecule has 7 heteroatoms. The summed E-state index contributed by atoms with van der Waals surface area (Å²) in [5.41, 5.74) is 3.05. The van der Waals surface area contributed by atoms with Crippen LogP contribution in [-0.4, -0.2) is 30.2 Å². The molecule has 0 bridgehead atoms. The summed E-state index contributed by atoms with van der Waals surface area (Å²) in [7, 11) is 1.31. The van der Waals surface area contributed by atoms with Crippen LogP contribution in [0.15, 0.2) is 53.1 Å². The molecule has 1 amide bonds. The van der Waals surface area contributed by atoms with Crippen molar-refractivity contribution in [2.24, 2.45) is 0 Å². The van der Waals surface area contributed by atoms with E-state index in [0.29, 0.717) is 17.0 Å². The quantitative estimate of drug-likeness (QED) is 0.696. The van der Waals surface area contributed by atoms with Crippen LogP contribution in [0.25, 0.3) is 11.3 Å². The van der Waals surface area contributed by atoms with Gasteiger partial charge in [0.2, 0.25) is 0 Å². The molecule has 0 fully saturated rings. The number of nitrogens with zero attached hydrogens (tertiary/aromatic N) is 1. The third kappa shape index (κ3) is 3.46. The Balaban J connectivity index is 1.48. The van der Waals surface area contributed by atoms with E-state index >= 15 is 0 Å². The minimum Gasteiger partial charge on any atom is -0.490 e. The van der Waals surface area contributed by atoms with E-state index in [9.17, 15) is 9.59 Å². The van der Waals surface area contributed by atoms with Gasteiger partial charge in [0.15, 0.2) is 11.5 Å². The van der Waals surface area contributed by atoms with Crippen LogP contribution in [0.2, 0.25) is 0 Å². The van der Waals surface area contributed by atoms with E-state index in [0.717, 1.165) is 23.3 Å². The summed E-state index contributed by atoms with van der Waals surface area (Å²) in [6.45, 7) is 2.02. The molecule has 1 N–H and O–H groups in total. The molecule has 0 saturated carbocycles. The largest absolute Gasteiger partial charge is 0.490 e. The van der Waals surface area contributed by atoms with Gasteiger partial charge >= 0.3 is 5.97 Å². The maximum atomic E-state index is 12.4. The second-order valence-corrected chi connectivity index (χ2v) is 6.55. The van der Waals surface area contributed by atoms with Gasteiger partial charge in [-0.3, -0.25) is 4.79 Å². The number of benzene rings is 2. The molecule has 28 heavy (non-hydrogen) atoms. The zero-order valence-electron chi connectivity index (χ0n) is 15.4. The summed E-state index contributed by atoms with van der Waals surface area (Å²) in [5, 5.41) is 6.58. The van der Waals surface area contributed by atoms with Crippen LogP contribution in [0.3, 0.4) is 0 Å². The smallest absolute Gasteiger partial charge is 0.337 e. The zero-order valence-corrected chi connectivity index (χ0v) is 15.4. The molecule has 0 saturated heterocycles. The first-order chi connectivity index (χ1) is 13.5. The molecule has 2 heterocycles. The van der Waals surface area contributed by atoms with Crippen molar-refractivity contribution in [3.63, 3.8) is 0 Å². The minimum absolute atomic E-state index is 0.159. The number of hydrogen-bond donors (Lipinski definition) is 1. The summed E-state index contributed by atoms with van der Waals surface area (Å²) >= 11 is 0. The normalized spacial score (nSPS) is 14.9. The Morgan fingerprint density at radius 2 is 1.93 bits per heavy atom. The Kier molecular flexibility index (Phi) is 4.57. The average Bonchev–Trinajstić information content (AvgIpc) is 3.33. The molecule has 4 rings (SSSR count). The molecule has 1 aromatic heterocycles. The first-order valence-electron chi connectivity index (χ1n) is 8.80. The van der Waals surface area contributed by atoms with Crippen LogP contribution in [0, 0.1) is 0 Å². The van der Waals surface area contributed by atoms with Gasteiger partial charge in [-0.15, -0.1) is 0 Å². The van der Waals surface area contributed by atoms with Crippen molar-refractivity contribution in [3.8, 4) is 17.1 Å². The number of methoxy groups -OCH3 is 1. The van der Waals surface area contributed by atoms with Crippen molar-refractivity contribution in [1.29, 1.82) is 0 Å². The van der Waals surface area contributed by atoms with Crippen LogP contribution in [0.1, 0.15) is 33.3 Å². The van der Waals surface area contributed by atoms with Gasteiger partial charge in [-0.2, -0.15) is 0 Å². The molecule has 1 aliphatic rings. The highest BCUT2D eigenvalue weighted by atomic mass is 16.5.